The van der Waals surface area contributed by atoms with Gasteiger partial charge in [-0.15, -0.1) is 11.6 Å². The molecule has 0 amide bonds. The van der Waals surface area contributed by atoms with Gasteiger partial charge < -0.3 is 4.74 Å². The standard InChI is InChI=1S/C12H22ClNO/c1-15-7-3-2-6-14-11-4-5-12(14)9-10(13)8-11/h10-12H,2-9H2,1H3. The summed E-state index contributed by atoms with van der Waals surface area (Å²) in [6, 6.07) is 1.57. The van der Waals surface area contributed by atoms with Crippen molar-refractivity contribution in [2.45, 2.75) is 56.0 Å². The van der Waals surface area contributed by atoms with E-state index in [1.807, 2.05) is 0 Å². The highest BCUT2D eigenvalue weighted by Crippen LogP contribution is 2.37. The highest BCUT2D eigenvalue weighted by atomic mass is 35.5. The average molecular weight is 232 g/mol. The van der Waals surface area contributed by atoms with Crippen molar-refractivity contribution < 1.29 is 4.74 Å². The Hall–Kier alpha value is 0.210. The van der Waals surface area contributed by atoms with E-state index in [0.717, 1.165) is 18.7 Å². The zero-order valence-electron chi connectivity index (χ0n) is 9.62. The second-order valence-electron chi connectivity index (χ2n) is 4.89. The molecule has 0 N–H and O–H groups in total. The maximum Gasteiger partial charge on any atom is 0.0462 e. The molecule has 2 atom stereocenters. The summed E-state index contributed by atoms with van der Waals surface area (Å²) in [5.41, 5.74) is 0. The minimum absolute atomic E-state index is 0.442. The van der Waals surface area contributed by atoms with Crippen molar-refractivity contribution in [2.75, 3.05) is 20.3 Å². The number of fused-ring (bicyclic) bond motifs is 2. The molecule has 3 heteroatoms. The highest BCUT2D eigenvalue weighted by Gasteiger charge is 2.39. The fourth-order valence-corrected chi connectivity index (χ4v) is 3.52. The molecule has 88 valence electrons. The predicted octanol–water partition coefficient (Wildman–Crippen LogP) is 2.65. The van der Waals surface area contributed by atoms with Crippen LogP contribution in [0.2, 0.25) is 0 Å². The van der Waals surface area contributed by atoms with Crippen molar-refractivity contribution in [3.05, 3.63) is 0 Å². The summed E-state index contributed by atoms with van der Waals surface area (Å²) >= 11 is 6.25. The molecule has 2 fully saturated rings. The van der Waals surface area contributed by atoms with Gasteiger partial charge in [0.05, 0.1) is 0 Å². The first-order valence-corrected chi connectivity index (χ1v) is 6.63. The van der Waals surface area contributed by atoms with Gasteiger partial charge in [-0.3, -0.25) is 4.90 Å². The minimum atomic E-state index is 0.442. The van der Waals surface area contributed by atoms with Gasteiger partial charge in [0.2, 0.25) is 0 Å². The zero-order valence-corrected chi connectivity index (χ0v) is 10.4. The molecule has 2 bridgehead atoms. The summed E-state index contributed by atoms with van der Waals surface area (Å²) in [7, 11) is 1.78. The normalized spacial score (nSPS) is 36.0. The smallest absolute Gasteiger partial charge is 0.0462 e. The van der Waals surface area contributed by atoms with Gasteiger partial charge in [0.1, 0.15) is 0 Å². The van der Waals surface area contributed by atoms with Crippen molar-refractivity contribution in [3.8, 4) is 0 Å². The van der Waals surface area contributed by atoms with Crippen molar-refractivity contribution >= 4 is 11.6 Å². The monoisotopic (exact) mass is 231 g/mol. The Morgan fingerprint density at radius 2 is 1.87 bits per heavy atom. The number of alkyl halides is 1. The molecule has 2 unspecified atom stereocenters. The summed E-state index contributed by atoms with van der Waals surface area (Å²) < 4.78 is 5.08. The average Bonchev–Trinajstić information content (AvgIpc) is 2.46. The molecule has 2 nitrogen and oxygen atoms in total. The van der Waals surface area contributed by atoms with E-state index < -0.39 is 0 Å². The fraction of sp³-hybridized carbons (Fsp3) is 1.00. The molecule has 0 aromatic rings. The number of piperidine rings is 1. The van der Waals surface area contributed by atoms with E-state index in [9.17, 15) is 0 Å². The largest absolute Gasteiger partial charge is 0.385 e. The van der Waals surface area contributed by atoms with E-state index in [4.69, 9.17) is 16.3 Å². The molecule has 0 radical (unpaired) electrons. The van der Waals surface area contributed by atoms with Crippen LogP contribution in [0.25, 0.3) is 0 Å². The molecule has 0 spiro atoms. The van der Waals surface area contributed by atoms with Crippen LogP contribution in [0.3, 0.4) is 0 Å². The maximum absolute atomic E-state index is 6.25. The van der Waals surface area contributed by atoms with E-state index in [-0.39, 0.29) is 0 Å². The van der Waals surface area contributed by atoms with E-state index in [2.05, 4.69) is 4.90 Å². The van der Waals surface area contributed by atoms with Crippen LogP contribution >= 0.6 is 11.6 Å². The van der Waals surface area contributed by atoms with Gasteiger partial charge in [0.25, 0.3) is 0 Å². The number of methoxy groups -OCH3 is 1. The van der Waals surface area contributed by atoms with Crippen molar-refractivity contribution in [2.24, 2.45) is 0 Å². The van der Waals surface area contributed by atoms with Gasteiger partial charge in [-0.2, -0.15) is 0 Å². The lowest BCUT2D eigenvalue weighted by molar-refractivity contribution is 0.131. The number of hydrogen-bond donors (Lipinski definition) is 0. The number of ether oxygens (including phenoxy) is 1. The summed E-state index contributed by atoms with van der Waals surface area (Å²) in [4.78, 5) is 2.70. The van der Waals surface area contributed by atoms with E-state index in [1.165, 1.54) is 45.1 Å². The van der Waals surface area contributed by atoms with E-state index in [0.29, 0.717) is 5.38 Å². The molecule has 0 saturated carbocycles. The van der Waals surface area contributed by atoms with Gasteiger partial charge in [-0.05, 0) is 45.1 Å². The SMILES string of the molecule is COCCCCN1C2CCC1CC(Cl)C2. The third kappa shape index (κ3) is 2.86. The van der Waals surface area contributed by atoms with Crippen molar-refractivity contribution in [1.29, 1.82) is 0 Å². The first-order chi connectivity index (χ1) is 7.31. The highest BCUT2D eigenvalue weighted by molar-refractivity contribution is 6.20. The molecular formula is C12H22ClNO. The second kappa shape index (κ2) is 5.51. The number of nitrogens with zero attached hydrogens (tertiary/aromatic N) is 1. The summed E-state index contributed by atoms with van der Waals surface area (Å²) in [6.07, 6.45) is 7.63. The Kier molecular flexibility index (Phi) is 4.30. The van der Waals surface area contributed by atoms with Crippen LogP contribution in [0, 0.1) is 0 Å². The summed E-state index contributed by atoms with van der Waals surface area (Å²) in [5, 5.41) is 0.442. The molecular weight excluding hydrogens is 210 g/mol. The quantitative estimate of drug-likeness (QED) is 0.533. The molecule has 2 saturated heterocycles. The summed E-state index contributed by atoms with van der Waals surface area (Å²) in [5.74, 6) is 0. The van der Waals surface area contributed by atoms with Crippen molar-refractivity contribution in [3.63, 3.8) is 0 Å². The van der Waals surface area contributed by atoms with Crippen molar-refractivity contribution in [1.82, 2.24) is 4.90 Å². The van der Waals surface area contributed by atoms with Gasteiger partial charge in [-0.1, -0.05) is 0 Å². The number of unbranched alkanes of at least 4 members (excludes halogenated alkanes) is 1. The lowest BCUT2D eigenvalue weighted by Gasteiger charge is -2.37. The van der Waals surface area contributed by atoms with E-state index in [1.54, 1.807) is 7.11 Å². The van der Waals surface area contributed by atoms with Crippen LogP contribution in [-0.2, 0) is 4.74 Å². The molecule has 2 heterocycles. The lowest BCUT2D eigenvalue weighted by atomic mass is 10.0. The summed E-state index contributed by atoms with van der Waals surface area (Å²) in [6.45, 7) is 2.16. The molecule has 15 heavy (non-hydrogen) atoms. The molecule has 0 aliphatic carbocycles. The number of halogens is 1. The van der Waals surface area contributed by atoms with Gasteiger partial charge in [0.15, 0.2) is 0 Å². The molecule has 2 rings (SSSR count). The molecule has 0 aromatic heterocycles. The minimum Gasteiger partial charge on any atom is -0.385 e. The second-order valence-corrected chi connectivity index (χ2v) is 5.51. The maximum atomic E-state index is 6.25. The predicted molar refractivity (Wildman–Crippen MR) is 63.5 cm³/mol. The Morgan fingerprint density at radius 1 is 1.20 bits per heavy atom. The third-order valence-corrected chi connectivity index (χ3v) is 4.20. The van der Waals surface area contributed by atoms with Crippen LogP contribution in [0.15, 0.2) is 0 Å². The molecule has 0 aromatic carbocycles. The number of hydrogen-bond acceptors (Lipinski definition) is 2. The first-order valence-electron chi connectivity index (χ1n) is 6.20. The van der Waals surface area contributed by atoms with E-state index >= 15 is 0 Å². The zero-order chi connectivity index (χ0) is 10.7. The topological polar surface area (TPSA) is 12.5 Å². The van der Waals surface area contributed by atoms with Crippen LogP contribution in [-0.4, -0.2) is 42.6 Å². The Balaban J connectivity index is 1.74. The molecule has 2 aliphatic heterocycles. The lowest BCUT2D eigenvalue weighted by Crippen LogP contribution is -2.43. The van der Waals surface area contributed by atoms with Gasteiger partial charge >= 0.3 is 0 Å². The molecule has 2 aliphatic rings. The van der Waals surface area contributed by atoms with Crippen LogP contribution in [0.1, 0.15) is 38.5 Å². The Labute approximate surface area is 97.9 Å². The van der Waals surface area contributed by atoms with Gasteiger partial charge in [0, 0.05) is 31.2 Å². The Bertz CT molecular complexity index is 186. The number of rotatable bonds is 5. The first kappa shape index (κ1) is 11.7. The van der Waals surface area contributed by atoms with Crippen LogP contribution < -0.4 is 0 Å². The van der Waals surface area contributed by atoms with Crippen LogP contribution in [0.5, 0.6) is 0 Å². The Morgan fingerprint density at radius 3 is 2.47 bits per heavy atom. The van der Waals surface area contributed by atoms with Crippen LogP contribution in [0.4, 0.5) is 0 Å². The van der Waals surface area contributed by atoms with Gasteiger partial charge in [-0.25, -0.2) is 0 Å². The third-order valence-electron chi connectivity index (χ3n) is 3.84. The fourth-order valence-electron chi connectivity index (χ4n) is 3.11.